The Hall–Kier alpha value is -1.19. The summed E-state index contributed by atoms with van der Waals surface area (Å²) in [6.45, 7) is 5.70. The number of anilines is 1. The Labute approximate surface area is 87.3 Å². The van der Waals surface area contributed by atoms with E-state index in [1.165, 1.54) is 0 Å². The number of hydrogen-bond donors (Lipinski definition) is 1. The fourth-order valence-electron chi connectivity index (χ4n) is 1.07. The van der Waals surface area contributed by atoms with Gasteiger partial charge in [-0.15, -0.1) is 0 Å². The molecule has 0 aromatic heterocycles. The molecule has 1 unspecified atom stereocenters. The van der Waals surface area contributed by atoms with Crippen LogP contribution in [0.25, 0.3) is 0 Å². The Morgan fingerprint density at radius 2 is 1.67 bits per heavy atom. The lowest BCUT2D eigenvalue weighted by Gasteiger charge is -2.19. The third kappa shape index (κ3) is 2.88. The van der Waals surface area contributed by atoms with Gasteiger partial charge in [0.1, 0.15) is 5.82 Å². The summed E-state index contributed by atoms with van der Waals surface area (Å²) in [7, 11) is 0. The Kier molecular flexibility index (Phi) is 3.61. The van der Waals surface area contributed by atoms with Gasteiger partial charge < -0.3 is 5.32 Å². The third-order valence-electron chi connectivity index (χ3n) is 2.38. The molecule has 0 fully saturated rings. The molecule has 0 amide bonds. The quantitative estimate of drug-likeness (QED) is 0.763. The predicted molar refractivity (Wildman–Crippen MR) is 54.2 cm³/mol. The molecule has 0 radical (unpaired) electrons. The van der Waals surface area contributed by atoms with Gasteiger partial charge >= 0.3 is 0 Å². The van der Waals surface area contributed by atoms with Crippen molar-refractivity contribution in [1.82, 2.24) is 0 Å². The lowest BCUT2D eigenvalue weighted by molar-refractivity contribution is 0.491. The average molecular weight is 217 g/mol. The van der Waals surface area contributed by atoms with Gasteiger partial charge in [0.25, 0.3) is 0 Å². The van der Waals surface area contributed by atoms with Crippen molar-refractivity contribution in [2.75, 3.05) is 5.32 Å². The second kappa shape index (κ2) is 4.55. The lowest BCUT2D eigenvalue weighted by atomic mass is 10.1. The molecule has 0 saturated heterocycles. The zero-order chi connectivity index (χ0) is 11.6. The maximum Gasteiger partial charge on any atom is 0.182 e. The smallest absolute Gasteiger partial charge is 0.182 e. The van der Waals surface area contributed by atoms with Crippen molar-refractivity contribution in [1.29, 1.82) is 0 Å². The second-order valence-corrected chi connectivity index (χ2v) is 3.93. The van der Waals surface area contributed by atoms with E-state index in [-0.39, 0.29) is 17.6 Å². The highest BCUT2D eigenvalue weighted by atomic mass is 19.2. The molecule has 1 N–H and O–H groups in total. The molecular formula is C11H14F3N. The molecule has 0 saturated carbocycles. The minimum absolute atomic E-state index is 0.0549. The molecule has 84 valence electrons. The number of benzene rings is 1. The van der Waals surface area contributed by atoms with E-state index in [1.807, 2.05) is 20.8 Å². The highest BCUT2D eigenvalue weighted by molar-refractivity contribution is 5.46. The van der Waals surface area contributed by atoms with E-state index in [1.54, 1.807) is 0 Å². The van der Waals surface area contributed by atoms with Crippen LogP contribution in [0, 0.1) is 23.4 Å². The van der Waals surface area contributed by atoms with Crippen molar-refractivity contribution >= 4 is 5.69 Å². The molecular weight excluding hydrogens is 203 g/mol. The number of rotatable bonds is 3. The fourth-order valence-corrected chi connectivity index (χ4v) is 1.07. The van der Waals surface area contributed by atoms with Gasteiger partial charge in [-0.2, -0.15) is 0 Å². The Morgan fingerprint density at radius 1 is 1.07 bits per heavy atom. The molecule has 15 heavy (non-hydrogen) atoms. The molecule has 0 aliphatic heterocycles. The van der Waals surface area contributed by atoms with Crippen LogP contribution in [0.2, 0.25) is 0 Å². The lowest BCUT2D eigenvalue weighted by Crippen LogP contribution is -2.22. The Bertz CT molecular complexity index is 350. The summed E-state index contributed by atoms with van der Waals surface area (Å²) in [5.74, 6) is -2.75. The zero-order valence-electron chi connectivity index (χ0n) is 8.94. The van der Waals surface area contributed by atoms with E-state index >= 15 is 0 Å². The van der Waals surface area contributed by atoms with Gasteiger partial charge in [0, 0.05) is 18.2 Å². The minimum atomic E-state index is -1.17. The van der Waals surface area contributed by atoms with Crippen LogP contribution >= 0.6 is 0 Å². The van der Waals surface area contributed by atoms with E-state index in [0.717, 1.165) is 6.07 Å². The molecule has 1 aromatic carbocycles. The van der Waals surface area contributed by atoms with E-state index in [4.69, 9.17) is 0 Å². The monoisotopic (exact) mass is 217 g/mol. The highest BCUT2D eigenvalue weighted by Gasteiger charge is 2.14. The number of nitrogens with one attached hydrogen (secondary N) is 1. The van der Waals surface area contributed by atoms with Crippen LogP contribution in [0.3, 0.4) is 0 Å². The van der Waals surface area contributed by atoms with E-state index < -0.39 is 17.5 Å². The third-order valence-corrected chi connectivity index (χ3v) is 2.38. The maximum atomic E-state index is 13.2. The summed E-state index contributed by atoms with van der Waals surface area (Å²) in [6.07, 6.45) is 0. The zero-order valence-corrected chi connectivity index (χ0v) is 8.94. The maximum absolute atomic E-state index is 13.2. The van der Waals surface area contributed by atoms with Gasteiger partial charge in [-0.25, -0.2) is 13.2 Å². The van der Waals surface area contributed by atoms with Gasteiger partial charge in [-0.1, -0.05) is 13.8 Å². The van der Waals surface area contributed by atoms with Gasteiger partial charge in [0.2, 0.25) is 0 Å². The average Bonchev–Trinajstić information content (AvgIpc) is 2.13. The first-order chi connectivity index (χ1) is 6.91. The van der Waals surface area contributed by atoms with Crippen LogP contribution in [0.1, 0.15) is 20.8 Å². The Morgan fingerprint density at radius 3 is 2.20 bits per heavy atom. The SMILES string of the molecule is CC(C)C(C)Nc1cc(F)cc(F)c1F. The highest BCUT2D eigenvalue weighted by Crippen LogP contribution is 2.21. The number of halogens is 3. The first kappa shape index (κ1) is 11.9. The van der Waals surface area contributed by atoms with Crippen molar-refractivity contribution in [3.05, 3.63) is 29.6 Å². The normalized spacial score (nSPS) is 13.0. The summed E-state index contributed by atoms with van der Waals surface area (Å²) in [4.78, 5) is 0. The van der Waals surface area contributed by atoms with E-state index in [0.29, 0.717) is 6.07 Å². The van der Waals surface area contributed by atoms with Crippen LogP contribution in [-0.4, -0.2) is 6.04 Å². The first-order valence-corrected chi connectivity index (χ1v) is 4.83. The van der Waals surface area contributed by atoms with Crippen LogP contribution in [0.5, 0.6) is 0 Å². The standard InChI is InChI=1S/C11H14F3N/c1-6(2)7(3)15-10-5-8(12)4-9(13)11(10)14/h4-7,15H,1-3H3. The van der Waals surface area contributed by atoms with Crippen molar-refractivity contribution in [3.63, 3.8) is 0 Å². The molecule has 1 aromatic rings. The van der Waals surface area contributed by atoms with Crippen LogP contribution in [0.4, 0.5) is 18.9 Å². The molecule has 1 rings (SSSR count). The summed E-state index contributed by atoms with van der Waals surface area (Å²) < 4.78 is 38.9. The largest absolute Gasteiger partial charge is 0.380 e. The molecule has 4 heteroatoms. The number of hydrogen-bond acceptors (Lipinski definition) is 1. The molecule has 0 aliphatic rings. The molecule has 0 bridgehead atoms. The van der Waals surface area contributed by atoms with E-state index in [2.05, 4.69) is 5.32 Å². The topological polar surface area (TPSA) is 12.0 Å². The molecule has 0 heterocycles. The van der Waals surface area contributed by atoms with E-state index in [9.17, 15) is 13.2 Å². The fraction of sp³-hybridized carbons (Fsp3) is 0.455. The molecule has 0 spiro atoms. The summed E-state index contributed by atoms with van der Waals surface area (Å²) >= 11 is 0. The van der Waals surface area contributed by atoms with Crippen LogP contribution in [-0.2, 0) is 0 Å². The summed E-state index contributed by atoms with van der Waals surface area (Å²) in [6, 6.07) is 1.43. The molecule has 1 nitrogen and oxygen atoms in total. The summed E-state index contributed by atoms with van der Waals surface area (Å²) in [5, 5.41) is 2.74. The van der Waals surface area contributed by atoms with Crippen molar-refractivity contribution in [3.8, 4) is 0 Å². The first-order valence-electron chi connectivity index (χ1n) is 4.83. The van der Waals surface area contributed by atoms with Gasteiger partial charge in [-0.05, 0) is 12.8 Å². The molecule has 1 atom stereocenters. The minimum Gasteiger partial charge on any atom is -0.380 e. The van der Waals surface area contributed by atoms with Gasteiger partial charge in [0.05, 0.1) is 5.69 Å². The van der Waals surface area contributed by atoms with Crippen LogP contribution in [0.15, 0.2) is 12.1 Å². The second-order valence-electron chi connectivity index (χ2n) is 3.93. The van der Waals surface area contributed by atoms with Gasteiger partial charge in [-0.3, -0.25) is 0 Å². The Balaban J connectivity index is 2.94. The molecule has 0 aliphatic carbocycles. The summed E-state index contributed by atoms with van der Waals surface area (Å²) in [5.41, 5.74) is -0.131. The van der Waals surface area contributed by atoms with Crippen molar-refractivity contribution in [2.24, 2.45) is 5.92 Å². The van der Waals surface area contributed by atoms with Gasteiger partial charge in [0.15, 0.2) is 11.6 Å². The van der Waals surface area contributed by atoms with Crippen molar-refractivity contribution < 1.29 is 13.2 Å². The predicted octanol–water partition coefficient (Wildman–Crippen LogP) is 3.56. The van der Waals surface area contributed by atoms with Crippen LogP contribution < -0.4 is 5.32 Å². The van der Waals surface area contributed by atoms with Crippen molar-refractivity contribution in [2.45, 2.75) is 26.8 Å².